The van der Waals surface area contributed by atoms with Gasteiger partial charge in [0.15, 0.2) is 0 Å². The lowest BCUT2D eigenvalue weighted by Crippen LogP contribution is -2.36. The molecule has 1 unspecified atom stereocenters. The number of hydrogen-bond acceptors (Lipinski definition) is 2. The SMILES string of the molecule is CC(C)CCN(CCC(C)C)C(C)CCCNC(C)C. The first-order chi connectivity index (χ1) is 9.32. The van der Waals surface area contributed by atoms with Gasteiger partial charge in [0.1, 0.15) is 0 Å². The van der Waals surface area contributed by atoms with Crippen molar-refractivity contribution < 1.29 is 0 Å². The van der Waals surface area contributed by atoms with Crippen LogP contribution in [-0.2, 0) is 0 Å². The Labute approximate surface area is 128 Å². The summed E-state index contributed by atoms with van der Waals surface area (Å²) in [7, 11) is 0. The van der Waals surface area contributed by atoms with E-state index in [0.29, 0.717) is 6.04 Å². The second-order valence-corrected chi connectivity index (χ2v) is 7.50. The highest BCUT2D eigenvalue weighted by Gasteiger charge is 2.14. The summed E-state index contributed by atoms with van der Waals surface area (Å²) in [6.07, 6.45) is 5.26. The van der Waals surface area contributed by atoms with E-state index in [1.165, 1.54) is 38.8 Å². The molecule has 0 aliphatic heterocycles. The Morgan fingerprint density at radius 3 is 1.65 bits per heavy atom. The molecule has 0 spiro atoms. The maximum atomic E-state index is 3.52. The van der Waals surface area contributed by atoms with Crippen LogP contribution in [0.3, 0.4) is 0 Å². The molecular weight excluding hydrogens is 244 g/mol. The monoisotopic (exact) mass is 284 g/mol. The molecule has 1 N–H and O–H groups in total. The molecule has 0 aromatic carbocycles. The molecule has 0 bridgehead atoms. The van der Waals surface area contributed by atoms with Crippen LogP contribution in [0.15, 0.2) is 0 Å². The van der Waals surface area contributed by atoms with Gasteiger partial charge in [0.25, 0.3) is 0 Å². The summed E-state index contributed by atoms with van der Waals surface area (Å²) in [5.41, 5.74) is 0. The highest BCUT2D eigenvalue weighted by molar-refractivity contribution is 4.70. The highest BCUT2D eigenvalue weighted by atomic mass is 15.1. The van der Waals surface area contributed by atoms with Gasteiger partial charge >= 0.3 is 0 Å². The van der Waals surface area contributed by atoms with Gasteiger partial charge in [0, 0.05) is 12.1 Å². The Morgan fingerprint density at radius 2 is 1.25 bits per heavy atom. The molecule has 0 amide bonds. The van der Waals surface area contributed by atoms with Gasteiger partial charge in [-0.2, -0.15) is 0 Å². The molecule has 0 aromatic rings. The van der Waals surface area contributed by atoms with Crippen molar-refractivity contribution in [1.29, 1.82) is 0 Å². The van der Waals surface area contributed by atoms with Crippen molar-refractivity contribution in [3.8, 4) is 0 Å². The lowest BCUT2D eigenvalue weighted by molar-refractivity contribution is 0.177. The Morgan fingerprint density at radius 1 is 0.750 bits per heavy atom. The fraction of sp³-hybridized carbons (Fsp3) is 1.00. The molecule has 0 radical (unpaired) electrons. The Balaban J connectivity index is 4.06. The number of nitrogens with zero attached hydrogens (tertiary/aromatic N) is 1. The zero-order chi connectivity index (χ0) is 15.5. The first kappa shape index (κ1) is 19.9. The third-order valence-electron chi connectivity index (χ3n) is 3.96. The summed E-state index contributed by atoms with van der Waals surface area (Å²) in [5, 5.41) is 3.52. The maximum absolute atomic E-state index is 3.52. The summed E-state index contributed by atoms with van der Waals surface area (Å²) in [4.78, 5) is 2.72. The van der Waals surface area contributed by atoms with Crippen LogP contribution in [0, 0.1) is 11.8 Å². The van der Waals surface area contributed by atoms with E-state index in [0.717, 1.165) is 24.4 Å². The van der Waals surface area contributed by atoms with E-state index in [4.69, 9.17) is 0 Å². The van der Waals surface area contributed by atoms with Crippen LogP contribution in [0.4, 0.5) is 0 Å². The predicted molar refractivity (Wildman–Crippen MR) is 92.3 cm³/mol. The van der Waals surface area contributed by atoms with Gasteiger partial charge in [-0.25, -0.2) is 0 Å². The highest BCUT2D eigenvalue weighted by Crippen LogP contribution is 2.13. The van der Waals surface area contributed by atoms with Crippen molar-refractivity contribution in [2.45, 2.75) is 86.2 Å². The molecule has 0 aliphatic carbocycles. The van der Waals surface area contributed by atoms with E-state index in [1.54, 1.807) is 0 Å². The zero-order valence-electron chi connectivity index (χ0n) is 15.2. The average Bonchev–Trinajstić information content (AvgIpc) is 2.33. The van der Waals surface area contributed by atoms with Crippen LogP contribution in [0.5, 0.6) is 0 Å². The molecule has 1 atom stereocenters. The topological polar surface area (TPSA) is 15.3 Å². The summed E-state index contributed by atoms with van der Waals surface area (Å²) in [6, 6.07) is 1.34. The van der Waals surface area contributed by atoms with Crippen LogP contribution >= 0.6 is 0 Å². The van der Waals surface area contributed by atoms with Gasteiger partial charge in [-0.3, -0.25) is 0 Å². The Kier molecular flexibility index (Phi) is 11.5. The van der Waals surface area contributed by atoms with Crippen molar-refractivity contribution in [2.75, 3.05) is 19.6 Å². The molecule has 0 fully saturated rings. The lowest BCUT2D eigenvalue weighted by atomic mass is 10.1. The number of rotatable bonds is 12. The maximum Gasteiger partial charge on any atom is 0.00674 e. The standard InChI is InChI=1S/C18H40N2/c1-15(2)10-13-20(14-11-16(3)4)18(7)9-8-12-19-17(5)6/h15-19H,8-14H2,1-7H3. The normalized spacial score (nSPS) is 13.9. The minimum atomic E-state index is 0.614. The number of hydrogen-bond donors (Lipinski definition) is 1. The molecule has 0 aliphatic rings. The smallest absolute Gasteiger partial charge is 0.00674 e. The third kappa shape index (κ3) is 11.7. The fourth-order valence-electron chi connectivity index (χ4n) is 2.37. The second-order valence-electron chi connectivity index (χ2n) is 7.50. The molecule has 0 saturated heterocycles. The summed E-state index contributed by atoms with van der Waals surface area (Å²) >= 11 is 0. The molecular formula is C18H40N2. The van der Waals surface area contributed by atoms with Gasteiger partial charge in [-0.15, -0.1) is 0 Å². The Hall–Kier alpha value is -0.0800. The van der Waals surface area contributed by atoms with Crippen molar-refractivity contribution in [3.05, 3.63) is 0 Å². The van der Waals surface area contributed by atoms with Crippen molar-refractivity contribution in [1.82, 2.24) is 10.2 Å². The minimum Gasteiger partial charge on any atom is -0.315 e. The lowest BCUT2D eigenvalue weighted by Gasteiger charge is -2.30. The number of nitrogens with one attached hydrogen (secondary N) is 1. The van der Waals surface area contributed by atoms with Crippen LogP contribution in [0.1, 0.15) is 74.1 Å². The molecule has 0 rings (SSSR count). The van der Waals surface area contributed by atoms with E-state index >= 15 is 0 Å². The first-order valence-corrected chi connectivity index (χ1v) is 8.80. The molecule has 0 aromatic heterocycles. The van der Waals surface area contributed by atoms with Gasteiger partial charge in [-0.1, -0.05) is 41.5 Å². The first-order valence-electron chi connectivity index (χ1n) is 8.80. The van der Waals surface area contributed by atoms with Crippen LogP contribution in [0.2, 0.25) is 0 Å². The molecule has 0 heterocycles. The molecule has 2 heteroatoms. The molecule has 2 nitrogen and oxygen atoms in total. The van der Waals surface area contributed by atoms with E-state index in [1.807, 2.05) is 0 Å². The van der Waals surface area contributed by atoms with Crippen LogP contribution in [-0.4, -0.2) is 36.6 Å². The summed E-state index contributed by atoms with van der Waals surface area (Å²) < 4.78 is 0. The molecule has 20 heavy (non-hydrogen) atoms. The van der Waals surface area contributed by atoms with E-state index < -0.39 is 0 Å². The van der Waals surface area contributed by atoms with Gasteiger partial charge in [0.05, 0.1) is 0 Å². The van der Waals surface area contributed by atoms with Gasteiger partial charge < -0.3 is 10.2 Å². The quantitative estimate of drug-likeness (QED) is 0.529. The van der Waals surface area contributed by atoms with Crippen molar-refractivity contribution >= 4 is 0 Å². The van der Waals surface area contributed by atoms with Crippen molar-refractivity contribution in [2.24, 2.45) is 11.8 Å². The predicted octanol–water partition coefficient (Wildman–Crippen LogP) is 4.55. The van der Waals surface area contributed by atoms with E-state index in [9.17, 15) is 0 Å². The van der Waals surface area contributed by atoms with Crippen molar-refractivity contribution in [3.63, 3.8) is 0 Å². The van der Waals surface area contributed by atoms with Crippen LogP contribution in [0.25, 0.3) is 0 Å². The Bertz CT molecular complexity index is 199. The fourth-order valence-corrected chi connectivity index (χ4v) is 2.37. The van der Waals surface area contributed by atoms with Crippen LogP contribution < -0.4 is 5.32 Å². The summed E-state index contributed by atoms with van der Waals surface area (Å²) in [5.74, 6) is 1.62. The minimum absolute atomic E-state index is 0.614. The largest absolute Gasteiger partial charge is 0.315 e. The third-order valence-corrected chi connectivity index (χ3v) is 3.96. The molecule has 122 valence electrons. The van der Waals surface area contributed by atoms with Gasteiger partial charge in [-0.05, 0) is 64.1 Å². The van der Waals surface area contributed by atoms with E-state index in [-0.39, 0.29) is 0 Å². The van der Waals surface area contributed by atoms with E-state index in [2.05, 4.69) is 58.7 Å². The zero-order valence-corrected chi connectivity index (χ0v) is 15.2. The molecule has 0 saturated carbocycles. The second kappa shape index (κ2) is 11.6. The van der Waals surface area contributed by atoms with Gasteiger partial charge in [0.2, 0.25) is 0 Å². The average molecular weight is 285 g/mol. The summed E-state index contributed by atoms with van der Waals surface area (Å²) in [6.45, 7) is 19.9.